The van der Waals surface area contributed by atoms with Gasteiger partial charge in [-0.3, -0.25) is 0 Å². The number of aliphatic hydroxyl groups excluding tert-OH is 1. The van der Waals surface area contributed by atoms with Crippen molar-refractivity contribution in [2.75, 3.05) is 11.9 Å². The first kappa shape index (κ1) is 21.6. The number of carboxylic acids is 1. The van der Waals surface area contributed by atoms with Crippen molar-refractivity contribution >= 4 is 23.3 Å². The summed E-state index contributed by atoms with van der Waals surface area (Å²) in [4.78, 5) is 11.4. The summed E-state index contributed by atoms with van der Waals surface area (Å²) in [5.74, 6) is 2.47. The van der Waals surface area contributed by atoms with Gasteiger partial charge in [0.25, 0.3) is 0 Å². The monoisotopic (exact) mass is 455 g/mol. The van der Waals surface area contributed by atoms with Crippen LogP contribution in [0.3, 0.4) is 0 Å². The number of aliphatic hydroxyl groups is 1. The third-order valence-corrected chi connectivity index (χ3v) is 7.93. The molecule has 6 heteroatoms. The highest BCUT2D eigenvalue weighted by Gasteiger charge is 2.51. The molecule has 0 aromatic heterocycles. The molecule has 0 amide bonds. The summed E-state index contributed by atoms with van der Waals surface area (Å²) in [5, 5.41) is 22.8. The van der Waals surface area contributed by atoms with E-state index in [0.717, 1.165) is 23.5 Å². The Morgan fingerprint density at radius 3 is 2.28 bits per heavy atom. The van der Waals surface area contributed by atoms with Gasteiger partial charge in [-0.05, 0) is 97.6 Å². The standard InChI is InChI=1S/C26H30ClNO4/c27-20-3-6-23(22(12-20)25(30)31)28-24(29)7-8-32-21-4-1-19(2-5-21)26-13-16-9-17(14-26)11-18(10-16)15-26/h1-6,12,16-18,24,28-29H,7-11,13-15H2,(H,30,31). The first-order valence-corrected chi connectivity index (χ1v) is 12.0. The van der Waals surface area contributed by atoms with Crippen LogP contribution in [0.25, 0.3) is 0 Å². The fraction of sp³-hybridized carbons (Fsp3) is 0.500. The summed E-state index contributed by atoms with van der Waals surface area (Å²) in [6.07, 6.45) is 7.77. The molecular formula is C26H30ClNO4. The number of halogens is 1. The molecule has 170 valence electrons. The van der Waals surface area contributed by atoms with Crippen LogP contribution >= 0.6 is 11.6 Å². The Balaban J connectivity index is 1.15. The van der Waals surface area contributed by atoms with E-state index in [4.69, 9.17) is 16.3 Å². The van der Waals surface area contributed by atoms with Gasteiger partial charge in [-0.25, -0.2) is 4.79 Å². The SMILES string of the molecule is O=C(O)c1cc(Cl)ccc1NC(O)CCOc1ccc(C23CC4CC(CC(C4)C2)C3)cc1. The van der Waals surface area contributed by atoms with Gasteiger partial charge >= 0.3 is 5.97 Å². The maximum absolute atomic E-state index is 11.4. The number of rotatable bonds is 8. The molecule has 4 aliphatic rings. The van der Waals surface area contributed by atoms with Crippen LogP contribution in [0.4, 0.5) is 5.69 Å². The van der Waals surface area contributed by atoms with E-state index >= 15 is 0 Å². The highest BCUT2D eigenvalue weighted by atomic mass is 35.5. The van der Waals surface area contributed by atoms with Crippen molar-refractivity contribution in [1.29, 1.82) is 0 Å². The van der Waals surface area contributed by atoms with Gasteiger partial charge in [0.2, 0.25) is 0 Å². The molecule has 0 spiro atoms. The molecule has 1 unspecified atom stereocenters. The molecule has 4 fully saturated rings. The van der Waals surface area contributed by atoms with E-state index in [-0.39, 0.29) is 5.56 Å². The van der Waals surface area contributed by atoms with Crippen LogP contribution in [0.1, 0.15) is 60.9 Å². The van der Waals surface area contributed by atoms with Gasteiger partial charge in [-0.15, -0.1) is 0 Å². The van der Waals surface area contributed by atoms with E-state index in [1.807, 2.05) is 0 Å². The number of ether oxygens (including phenoxy) is 1. The number of anilines is 1. The van der Waals surface area contributed by atoms with E-state index in [1.54, 1.807) is 12.1 Å². The van der Waals surface area contributed by atoms with E-state index < -0.39 is 12.2 Å². The summed E-state index contributed by atoms with van der Waals surface area (Å²) >= 11 is 5.87. The fourth-order valence-electron chi connectivity index (χ4n) is 6.73. The smallest absolute Gasteiger partial charge is 0.337 e. The van der Waals surface area contributed by atoms with E-state index in [0.29, 0.717) is 29.2 Å². The lowest BCUT2D eigenvalue weighted by molar-refractivity contribution is -0.00520. The lowest BCUT2D eigenvalue weighted by atomic mass is 9.48. The number of hydrogen-bond acceptors (Lipinski definition) is 4. The molecule has 0 aliphatic heterocycles. The molecule has 0 saturated heterocycles. The Kier molecular flexibility index (Phi) is 5.81. The van der Waals surface area contributed by atoms with Gasteiger partial charge in [0.05, 0.1) is 17.9 Å². The second-order valence-corrected chi connectivity index (χ2v) is 10.5. The highest BCUT2D eigenvalue weighted by Crippen LogP contribution is 2.60. The number of aromatic carboxylic acids is 1. The van der Waals surface area contributed by atoms with Gasteiger partial charge in [-0.1, -0.05) is 23.7 Å². The first-order valence-electron chi connectivity index (χ1n) is 11.6. The normalized spacial score (nSPS) is 29.0. The Labute approximate surface area is 193 Å². The molecule has 5 nitrogen and oxygen atoms in total. The van der Waals surface area contributed by atoms with Crippen molar-refractivity contribution in [1.82, 2.24) is 0 Å². The van der Waals surface area contributed by atoms with Gasteiger partial charge in [0.15, 0.2) is 0 Å². The molecule has 2 aromatic carbocycles. The molecule has 6 rings (SSSR count). The van der Waals surface area contributed by atoms with Crippen molar-refractivity contribution in [2.24, 2.45) is 17.8 Å². The molecule has 4 aliphatic carbocycles. The Hall–Kier alpha value is -2.24. The van der Waals surface area contributed by atoms with Crippen molar-refractivity contribution in [3.8, 4) is 5.75 Å². The van der Waals surface area contributed by atoms with Crippen LogP contribution in [0.15, 0.2) is 42.5 Å². The third kappa shape index (κ3) is 4.33. The second kappa shape index (κ2) is 8.60. The van der Waals surface area contributed by atoms with E-state index in [9.17, 15) is 15.0 Å². The molecule has 0 radical (unpaired) electrons. The number of carbonyl (C=O) groups is 1. The number of benzene rings is 2. The Morgan fingerprint density at radius 2 is 1.69 bits per heavy atom. The molecule has 32 heavy (non-hydrogen) atoms. The zero-order valence-electron chi connectivity index (χ0n) is 18.1. The van der Waals surface area contributed by atoms with Crippen LogP contribution in [-0.2, 0) is 5.41 Å². The zero-order chi connectivity index (χ0) is 22.3. The van der Waals surface area contributed by atoms with Gasteiger partial charge < -0.3 is 20.3 Å². The van der Waals surface area contributed by atoms with Crippen molar-refractivity contribution in [3.63, 3.8) is 0 Å². The lowest BCUT2D eigenvalue weighted by Crippen LogP contribution is -2.48. The largest absolute Gasteiger partial charge is 0.493 e. The molecule has 3 N–H and O–H groups in total. The van der Waals surface area contributed by atoms with Crippen molar-refractivity contribution in [2.45, 2.75) is 56.6 Å². The molecule has 4 saturated carbocycles. The maximum atomic E-state index is 11.4. The van der Waals surface area contributed by atoms with E-state index in [2.05, 4.69) is 29.6 Å². The fourth-order valence-corrected chi connectivity index (χ4v) is 6.90. The van der Waals surface area contributed by atoms with Crippen molar-refractivity contribution in [3.05, 3.63) is 58.6 Å². The summed E-state index contributed by atoms with van der Waals surface area (Å²) in [7, 11) is 0. The summed E-state index contributed by atoms with van der Waals surface area (Å²) in [6, 6.07) is 13.1. The zero-order valence-corrected chi connectivity index (χ0v) is 18.9. The lowest BCUT2D eigenvalue weighted by Gasteiger charge is -2.57. The minimum atomic E-state index is -1.10. The predicted octanol–water partition coefficient (Wildman–Crippen LogP) is 5.71. The number of carboxylic acid groups (broad SMARTS) is 1. The summed E-state index contributed by atoms with van der Waals surface area (Å²) in [5.41, 5.74) is 2.20. The quantitative estimate of drug-likeness (QED) is 0.444. The van der Waals surface area contributed by atoms with Gasteiger partial charge in [0, 0.05) is 11.4 Å². The number of nitrogens with one attached hydrogen (secondary N) is 1. The minimum Gasteiger partial charge on any atom is -0.493 e. The highest BCUT2D eigenvalue weighted by molar-refractivity contribution is 6.31. The average molecular weight is 456 g/mol. The van der Waals surface area contributed by atoms with Crippen molar-refractivity contribution < 1.29 is 19.7 Å². The third-order valence-electron chi connectivity index (χ3n) is 7.70. The van der Waals surface area contributed by atoms with Crippen LogP contribution in [0.2, 0.25) is 5.02 Å². The summed E-state index contributed by atoms with van der Waals surface area (Å²) in [6.45, 7) is 0.320. The molecule has 1 atom stereocenters. The maximum Gasteiger partial charge on any atom is 0.337 e. The van der Waals surface area contributed by atoms with Crippen LogP contribution in [0.5, 0.6) is 5.75 Å². The first-order chi connectivity index (χ1) is 15.4. The topological polar surface area (TPSA) is 78.8 Å². The van der Waals surface area contributed by atoms with Crippen LogP contribution < -0.4 is 10.1 Å². The second-order valence-electron chi connectivity index (χ2n) is 10.0. The van der Waals surface area contributed by atoms with Crippen LogP contribution in [0, 0.1) is 17.8 Å². The summed E-state index contributed by atoms with van der Waals surface area (Å²) < 4.78 is 5.85. The van der Waals surface area contributed by atoms with Crippen LogP contribution in [-0.4, -0.2) is 29.0 Å². The molecule has 4 bridgehead atoms. The molecular weight excluding hydrogens is 426 g/mol. The number of hydrogen-bond donors (Lipinski definition) is 3. The van der Waals surface area contributed by atoms with Gasteiger partial charge in [0.1, 0.15) is 12.0 Å². The van der Waals surface area contributed by atoms with Gasteiger partial charge in [-0.2, -0.15) is 0 Å². The molecule has 0 heterocycles. The Bertz CT molecular complexity index is 955. The Morgan fingerprint density at radius 1 is 1.06 bits per heavy atom. The molecule has 2 aromatic rings. The average Bonchev–Trinajstić information content (AvgIpc) is 2.74. The predicted molar refractivity (Wildman–Crippen MR) is 124 cm³/mol. The van der Waals surface area contributed by atoms with E-state index in [1.165, 1.54) is 50.2 Å². The minimum absolute atomic E-state index is 0.0257.